The minimum atomic E-state index is -3.53. The van der Waals surface area contributed by atoms with E-state index in [4.69, 9.17) is 21.1 Å². The van der Waals surface area contributed by atoms with E-state index >= 15 is 0 Å². The summed E-state index contributed by atoms with van der Waals surface area (Å²) in [5.41, 5.74) is 1.50. The van der Waals surface area contributed by atoms with Crippen LogP contribution >= 0.6 is 22.9 Å². The number of sulfonamides is 1. The molecule has 11 heteroatoms. The Morgan fingerprint density at radius 1 is 1.03 bits per heavy atom. The van der Waals surface area contributed by atoms with Crippen molar-refractivity contribution in [1.82, 2.24) is 4.98 Å². The van der Waals surface area contributed by atoms with Gasteiger partial charge >= 0.3 is 0 Å². The van der Waals surface area contributed by atoms with Crippen LogP contribution in [0.1, 0.15) is 10.4 Å². The number of methoxy groups -OCH3 is 2. The molecule has 1 aromatic heterocycles. The van der Waals surface area contributed by atoms with Gasteiger partial charge in [-0.3, -0.25) is 14.4 Å². The number of rotatable bonds is 7. The number of carbonyl (C=O) groups is 1. The van der Waals surface area contributed by atoms with E-state index in [1.807, 2.05) is 0 Å². The number of halogens is 1. The standard InChI is InChI=1S/C23H20ClN3O5S2/c1-31-18-12-11-14(13-19(18)32-2)27(22(28)15-7-4-5-8-16(15)24)23-25-21-17(26-34(3,29)30)9-6-10-20(21)33-23/h4-13,26H,1-3H3. The molecule has 0 saturated carbocycles. The van der Waals surface area contributed by atoms with Gasteiger partial charge in [0.15, 0.2) is 16.6 Å². The number of benzene rings is 3. The van der Waals surface area contributed by atoms with Gasteiger partial charge in [0.2, 0.25) is 10.0 Å². The van der Waals surface area contributed by atoms with Gasteiger partial charge in [0.1, 0.15) is 5.52 Å². The monoisotopic (exact) mass is 517 g/mol. The largest absolute Gasteiger partial charge is 0.493 e. The van der Waals surface area contributed by atoms with Crippen molar-refractivity contribution in [2.75, 3.05) is 30.1 Å². The van der Waals surface area contributed by atoms with Crippen LogP contribution < -0.4 is 19.1 Å². The molecule has 1 amide bonds. The molecule has 176 valence electrons. The molecular weight excluding hydrogens is 498 g/mol. The van der Waals surface area contributed by atoms with Gasteiger partial charge in [-0.05, 0) is 36.4 Å². The van der Waals surface area contributed by atoms with E-state index in [2.05, 4.69) is 9.71 Å². The molecule has 0 fully saturated rings. The number of carbonyl (C=O) groups excluding carboxylic acids is 1. The lowest BCUT2D eigenvalue weighted by Gasteiger charge is -2.22. The molecule has 0 bridgehead atoms. The fraction of sp³-hybridized carbons (Fsp3) is 0.130. The maximum Gasteiger partial charge on any atom is 0.266 e. The Morgan fingerprint density at radius 2 is 1.76 bits per heavy atom. The molecule has 4 rings (SSSR count). The van der Waals surface area contributed by atoms with E-state index in [0.29, 0.717) is 43.2 Å². The molecule has 0 radical (unpaired) electrons. The Bertz CT molecular complexity index is 1490. The van der Waals surface area contributed by atoms with Crippen LogP contribution in [0.5, 0.6) is 11.5 Å². The van der Waals surface area contributed by atoms with E-state index in [0.717, 1.165) is 6.26 Å². The molecule has 1 N–H and O–H groups in total. The van der Waals surface area contributed by atoms with Crippen molar-refractivity contribution in [2.24, 2.45) is 0 Å². The highest BCUT2D eigenvalue weighted by Gasteiger charge is 2.26. The Morgan fingerprint density at radius 3 is 2.44 bits per heavy atom. The highest BCUT2D eigenvalue weighted by atomic mass is 35.5. The molecule has 0 aliphatic heterocycles. The first kappa shape index (κ1) is 23.8. The zero-order chi connectivity index (χ0) is 24.5. The van der Waals surface area contributed by atoms with Crippen LogP contribution in [0.4, 0.5) is 16.5 Å². The highest BCUT2D eigenvalue weighted by molar-refractivity contribution is 7.92. The number of thiazole rings is 1. The Kier molecular flexibility index (Phi) is 6.65. The molecule has 0 unspecified atom stereocenters. The normalized spacial score (nSPS) is 11.3. The quantitative estimate of drug-likeness (QED) is 0.356. The van der Waals surface area contributed by atoms with Gasteiger partial charge in [-0.1, -0.05) is 41.1 Å². The second-order valence-corrected chi connectivity index (χ2v) is 10.3. The first-order valence-corrected chi connectivity index (χ1v) is 13.0. The molecule has 0 spiro atoms. The predicted molar refractivity (Wildman–Crippen MR) is 136 cm³/mol. The van der Waals surface area contributed by atoms with Gasteiger partial charge in [-0.15, -0.1) is 0 Å². The summed E-state index contributed by atoms with van der Waals surface area (Å²) in [5.74, 6) is 0.521. The van der Waals surface area contributed by atoms with Crippen molar-refractivity contribution in [2.45, 2.75) is 0 Å². The van der Waals surface area contributed by atoms with Crippen LogP contribution in [0.2, 0.25) is 5.02 Å². The first-order valence-electron chi connectivity index (χ1n) is 9.90. The molecule has 0 saturated heterocycles. The van der Waals surface area contributed by atoms with Gasteiger partial charge in [-0.2, -0.15) is 0 Å². The predicted octanol–water partition coefficient (Wildman–Crippen LogP) is 5.32. The van der Waals surface area contributed by atoms with Crippen molar-refractivity contribution in [1.29, 1.82) is 0 Å². The Labute approximate surface area is 205 Å². The maximum absolute atomic E-state index is 13.7. The van der Waals surface area contributed by atoms with E-state index < -0.39 is 15.9 Å². The van der Waals surface area contributed by atoms with Crippen molar-refractivity contribution in [3.63, 3.8) is 0 Å². The average Bonchev–Trinajstić information content (AvgIpc) is 3.23. The number of anilines is 3. The van der Waals surface area contributed by atoms with Gasteiger partial charge in [-0.25, -0.2) is 13.4 Å². The van der Waals surface area contributed by atoms with Crippen LogP contribution in [0.15, 0.2) is 60.7 Å². The molecule has 0 atom stereocenters. The summed E-state index contributed by atoms with van der Waals surface area (Å²) >= 11 is 7.57. The summed E-state index contributed by atoms with van der Waals surface area (Å²) in [7, 11) is -0.503. The van der Waals surface area contributed by atoms with Gasteiger partial charge in [0.25, 0.3) is 5.91 Å². The summed E-state index contributed by atoms with van der Waals surface area (Å²) < 4.78 is 37.6. The summed E-state index contributed by atoms with van der Waals surface area (Å²) in [5, 5.41) is 0.619. The number of hydrogen-bond donors (Lipinski definition) is 1. The fourth-order valence-electron chi connectivity index (χ4n) is 3.35. The number of fused-ring (bicyclic) bond motifs is 1. The third-order valence-electron chi connectivity index (χ3n) is 4.83. The van der Waals surface area contributed by atoms with E-state index in [1.54, 1.807) is 60.7 Å². The smallest absolute Gasteiger partial charge is 0.266 e. The van der Waals surface area contributed by atoms with Crippen molar-refractivity contribution in [3.8, 4) is 11.5 Å². The fourth-order valence-corrected chi connectivity index (χ4v) is 5.14. The summed E-state index contributed by atoms with van der Waals surface area (Å²) in [6.07, 6.45) is 1.07. The second kappa shape index (κ2) is 9.49. The van der Waals surface area contributed by atoms with Gasteiger partial charge < -0.3 is 9.47 Å². The summed E-state index contributed by atoms with van der Waals surface area (Å²) in [4.78, 5) is 19.8. The SMILES string of the molecule is COc1ccc(N(C(=O)c2ccccc2Cl)c2nc3c(NS(C)(=O)=O)cccc3s2)cc1OC. The van der Waals surface area contributed by atoms with Crippen molar-refractivity contribution < 1.29 is 22.7 Å². The van der Waals surface area contributed by atoms with Crippen LogP contribution in [-0.4, -0.2) is 39.8 Å². The highest BCUT2D eigenvalue weighted by Crippen LogP contribution is 2.40. The lowest BCUT2D eigenvalue weighted by molar-refractivity contribution is 0.0999. The molecule has 34 heavy (non-hydrogen) atoms. The zero-order valence-electron chi connectivity index (χ0n) is 18.4. The number of hydrogen-bond acceptors (Lipinski definition) is 7. The summed E-state index contributed by atoms with van der Waals surface area (Å²) in [6.45, 7) is 0. The minimum Gasteiger partial charge on any atom is -0.493 e. The lowest BCUT2D eigenvalue weighted by atomic mass is 10.1. The number of para-hydroxylation sites is 1. The van der Waals surface area contributed by atoms with Gasteiger partial charge in [0, 0.05) is 6.07 Å². The molecule has 8 nitrogen and oxygen atoms in total. The van der Waals surface area contributed by atoms with E-state index in [-0.39, 0.29) is 5.56 Å². The van der Waals surface area contributed by atoms with E-state index in [1.165, 1.54) is 30.5 Å². The number of aromatic nitrogens is 1. The molecule has 4 aromatic rings. The van der Waals surface area contributed by atoms with Crippen molar-refractivity contribution >= 4 is 65.6 Å². The van der Waals surface area contributed by atoms with Crippen LogP contribution in [-0.2, 0) is 10.0 Å². The topological polar surface area (TPSA) is 97.8 Å². The molecular formula is C23H20ClN3O5S2. The Balaban J connectivity index is 1.92. The molecule has 1 heterocycles. The zero-order valence-corrected chi connectivity index (χ0v) is 20.8. The number of nitrogens with one attached hydrogen (secondary N) is 1. The minimum absolute atomic E-state index is 0.285. The Hall–Kier alpha value is -3.34. The maximum atomic E-state index is 13.7. The van der Waals surface area contributed by atoms with Gasteiger partial charge in [0.05, 0.1) is 47.1 Å². The molecule has 0 aliphatic rings. The van der Waals surface area contributed by atoms with Crippen molar-refractivity contribution in [3.05, 3.63) is 71.2 Å². The number of ether oxygens (including phenoxy) is 2. The lowest BCUT2D eigenvalue weighted by Crippen LogP contribution is -2.26. The van der Waals surface area contributed by atoms with Crippen LogP contribution in [0.3, 0.4) is 0 Å². The van der Waals surface area contributed by atoms with E-state index in [9.17, 15) is 13.2 Å². The summed E-state index contributed by atoms with van der Waals surface area (Å²) in [6, 6.07) is 16.9. The molecule has 3 aromatic carbocycles. The number of nitrogens with zero attached hydrogens (tertiary/aromatic N) is 2. The van der Waals surface area contributed by atoms with Crippen LogP contribution in [0.25, 0.3) is 10.2 Å². The second-order valence-electron chi connectivity index (χ2n) is 7.18. The van der Waals surface area contributed by atoms with Crippen LogP contribution in [0, 0.1) is 0 Å². The third-order valence-corrected chi connectivity index (χ3v) is 6.75. The first-order chi connectivity index (χ1) is 16.2. The third kappa shape index (κ3) is 4.79. The number of amides is 1. The average molecular weight is 518 g/mol. The molecule has 0 aliphatic carbocycles.